The standard InChI is InChI=1S/C24H26N8O7S3/c1-12(33)31(38)7-8-39-29-17(14-11-42-24(25)27-14)20(34)28-18-21(35)32-19(23(36)37)13(10-41-22(18)32)9-40-16-4-2-3-15-26-5-6-30(15)16/h2-4,11,18,22,38H,5-10H2,1H3,(H4,25,27,28,34,36,37)/p+1/b29-17-/t18-,22-/m1/s1. The molecule has 0 radical (unpaired) electrons. The second-order valence-electron chi connectivity index (χ2n) is 9.22. The van der Waals surface area contributed by atoms with Gasteiger partial charge in [0.1, 0.15) is 42.5 Å². The fourth-order valence-electron chi connectivity index (χ4n) is 4.49. The predicted molar refractivity (Wildman–Crippen MR) is 154 cm³/mol. The number of amides is 3. The minimum absolute atomic E-state index is 0.0685. The number of nitrogens with two attached hydrogens (primary N) is 1. The van der Waals surface area contributed by atoms with E-state index in [-0.39, 0.29) is 35.4 Å². The summed E-state index contributed by atoms with van der Waals surface area (Å²) in [4.78, 5) is 60.2. The smallest absolute Gasteiger partial charge is 0.352 e. The number of fused-ring (bicyclic) bond motifs is 2. The number of nitrogen functional groups attached to an aromatic ring is 1. The number of nitrogens with zero attached hydrogens (tertiary/aromatic N) is 5. The molecule has 3 amide bonds. The Balaban J connectivity index is 1.28. The summed E-state index contributed by atoms with van der Waals surface area (Å²) in [7, 11) is 0. The second-order valence-corrected chi connectivity index (χ2v) is 12.2. The first kappa shape index (κ1) is 29.6. The van der Waals surface area contributed by atoms with Crippen LogP contribution in [0, 0.1) is 0 Å². The largest absolute Gasteiger partial charge is 0.477 e. The summed E-state index contributed by atoms with van der Waals surface area (Å²) in [5, 5.41) is 31.7. The highest BCUT2D eigenvalue weighted by Gasteiger charge is 2.54. The number of carbonyl (C=O) groups excluding carboxylic acids is 3. The van der Waals surface area contributed by atoms with Gasteiger partial charge < -0.3 is 21.0 Å². The highest BCUT2D eigenvalue weighted by Crippen LogP contribution is 2.41. The number of thioether (sulfide) groups is 2. The molecule has 0 aliphatic carbocycles. The number of hydrogen-bond donors (Lipinski definition) is 5. The molecule has 15 nitrogen and oxygen atoms in total. The van der Waals surface area contributed by atoms with Gasteiger partial charge in [0, 0.05) is 29.9 Å². The number of hydroxylamine groups is 2. The van der Waals surface area contributed by atoms with E-state index in [4.69, 9.17) is 10.6 Å². The van der Waals surface area contributed by atoms with E-state index in [1.54, 1.807) is 0 Å². The van der Waals surface area contributed by atoms with Crippen LogP contribution >= 0.6 is 34.9 Å². The summed E-state index contributed by atoms with van der Waals surface area (Å²) in [6, 6.07) is 4.89. The van der Waals surface area contributed by atoms with Gasteiger partial charge >= 0.3 is 5.97 Å². The van der Waals surface area contributed by atoms with E-state index < -0.39 is 35.1 Å². The molecule has 42 heavy (non-hydrogen) atoms. The molecule has 0 unspecified atom stereocenters. The Morgan fingerprint density at radius 1 is 1.40 bits per heavy atom. The van der Waals surface area contributed by atoms with Crippen LogP contribution in [0.4, 0.5) is 10.9 Å². The van der Waals surface area contributed by atoms with Gasteiger partial charge in [-0.1, -0.05) is 16.9 Å². The van der Waals surface area contributed by atoms with Crippen molar-refractivity contribution in [1.29, 1.82) is 0 Å². The predicted octanol–water partition coefficient (Wildman–Crippen LogP) is -0.0724. The van der Waals surface area contributed by atoms with Crippen LogP contribution in [-0.4, -0.2) is 97.3 Å². The fourth-order valence-corrected chi connectivity index (χ4v) is 7.59. The van der Waals surface area contributed by atoms with Crippen LogP contribution in [0.3, 0.4) is 0 Å². The van der Waals surface area contributed by atoms with Crippen molar-refractivity contribution in [2.45, 2.75) is 29.9 Å². The number of hydrogen-bond acceptors (Lipinski definition) is 13. The minimum atomic E-state index is -1.21. The van der Waals surface area contributed by atoms with Crippen molar-refractivity contribution in [3.63, 3.8) is 0 Å². The van der Waals surface area contributed by atoms with Crippen molar-refractivity contribution in [2.75, 3.05) is 42.3 Å². The van der Waals surface area contributed by atoms with E-state index in [1.807, 2.05) is 18.2 Å². The molecule has 2 atom stereocenters. The number of anilines is 2. The number of oxime groups is 1. The molecule has 3 aliphatic heterocycles. The average Bonchev–Trinajstić information content (AvgIpc) is 3.63. The Morgan fingerprint density at radius 3 is 2.93 bits per heavy atom. The molecule has 2 aromatic rings. The summed E-state index contributed by atoms with van der Waals surface area (Å²) in [5.74, 6) is -1.39. The van der Waals surface area contributed by atoms with Crippen molar-refractivity contribution in [2.24, 2.45) is 5.16 Å². The van der Waals surface area contributed by atoms with Gasteiger partial charge in [0.15, 0.2) is 15.9 Å². The third-order valence-corrected chi connectivity index (χ3v) is 9.67. The Morgan fingerprint density at radius 2 is 2.21 bits per heavy atom. The number of carboxylic acid groups (broad SMARTS) is 1. The zero-order chi connectivity index (χ0) is 30.0. The number of β-lactam (4-membered cyclic amide) rings is 1. The number of nitrogens with one attached hydrogen (secondary N) is 2. The van der Waals surface area contributed by atoms with Gasteiger partial charge in [-0.05, 0) is 17.7 Å². The van der Waals surface area contributed by atoms with Crippen LogP contribution in [0.1, 0.15) is 12.6 Å². The summed E-state index contributed by atoms with van der Waals surface area (Å²) < 4.78 is 2.13. The van der Waals surface area contributed by atoms with Crippen LogP contribution < -0.4 is 20.9 Å². The molecular formula is C24H27N8O7S3+. The summed E-state index contributed by atoms with van der Waals surface area (Å²) in [5.41, 5.74) is 6.10. The van der Waals surface area contributed by atoms with Gasteiger partial charge in [0.25, 0.3) is 17.6 Å². The molecule has 6 N–H and O–H groups in total. The maximum atomic E-state index is 13.2. The first-order valence-corrected chi connectivity index (χ1v) is 15.6. The van der Waals surface area contributed by atoms with Gasteiger partial charge in [-0.15, -0.1) is 23.1 Å². The molecule has 0 spiro atoms. The number of thiazole rings is 1. The second kappa shape index (κ2) is 12.6. The van der Waals surface area contributed by atoms with E-state index >= 15 is 0 Å². The van der Waals surface area contributed by atoms with Crippen molar-refractivity contribution >= 4 is 75.2 Å². The summed E-state index contributed by atoms with van der Waals surface area (Å²) in [6.07, 6.45) is 0. The molecule has 5 rings (SSSR count). The first-order chi connectivity index (χ1) is 20.2. The molecule has 1 saturated heterocycles. The van der Waals surface area contributed by atoms with E-state index in [0.29, 0.717) is 22.1 Å². The van der Waals surface area contributed by atoms with E-state index in [2.05, 4.69) is 25.3 Å². The first-order valence-electron chi connectivity index (χ1n) is 12.6. The van der Waals surface area contributed by atoms with Crippen molar-refractivity contribution in [1.82, 2.24) is 20.3 Å². The van der Waals surface area contributed by atoms with E-state index in [9.17, 15) is 29.5 Å². The zero-order valence-corrected chi connectivity index (χ0v) is 24.6. The molecule has 0 aromatic carbocycles. The number of carbonyl (C=O) groups is 4. The molecule has 5 heterocycles. The van der Waals surface area contributed by atoms with Gasteiger partial charge in [-0.2, -0.15) is 0 Å². The van der Waals surface area contributed by atoms with Gasteiger partial charge in [0.2, 0.25) is 5.91 Å². The van der Waals surface area contributed by atoms with Crippen LogP contribution in [0.2, 0.25) is 0 Å². The van der Waals surface area contributed by atoms with Crippen LogP contribution in [0.25, 0.3) is 0 Å². The number of rotatable bonds is 11. The molecule has 0 saturated carbocycles. The maximum Gasteiger partial charge on any atom is 0.352 e. The molecule has 1 fully saturated rings. The molecule has 222 valence electrons. The van der Waals surface area contributed by atoms with Crippen LogP contribution in [-0.2, 0) is 30.6 Å². The molecule has 0 bridgehead atoms. The third kappa shape index (κ3) is 6.01. The zero-order valence-electron chi connectivity index (χ0n) is 22.2. The maximum absolute atomic E-state index is 13.2. The highest BCUT2D eigenvalue weighted by atomic mass is 32.2. The lowest BCUT2D eigenvalue weighted by molar-refractivity contribution is -0.707. The van der Waals surface area contributed by atoms with Crippen molar-refractivity contribution in [3.05, 3.63) is 40.5 Å². The van der Waals surface area contributed by atoms with Gasteiger partial charge in [-0.3, -0.25) is 29.8 Å². The Hall–Kier alpha value is -3.87. The number of aliphatic carboxylic acids is 1. The Bertz CT molecular complexity index is 1500. The fraction of sp³-hybridized carbons (Fsp3) is 0.375. The molecular weight excluding hydrogens is 609 g/mol. The quantitative estimate of drug-likeness (QED) is 0.0419. The lowest BCUT2D eigenvalue weighted by atomic mass is 10.0. The van der Waals surface area contributed by atoms with E-state index in [1.165, 1.54) is 40.7 Å². The number of pyridine rings is 1. The normalized spacial score (nSPS) is 19.4. The molecule has 3 aliphatic rings. The van der Waals surface area contributed by atoms with Gasteiger partial charge in [-0.25, -0.2) is 19.4 Å². The summed E-state index contributed by atoms with van der Waals surface area (Å²) >= 11 is 3.94. The van der Waals surface area contributed by atoms with Gasteiger partial charge in [0.05, 0.1) is 6.54 Å². The SMILES string of the molecule is CC(=O)N(O)CCO/N=C(\C(=O)N[C@@H]1C(=O)N2C(C(=O)O)=C(CSc3cccc4[n+]3CCN4)CS[C@H]12)c1csc(N)n1. The van der Waals surface area contributed by atoms with Crippen molar-refractivity contribution in [3.8, 4) is 0 Å². The Labute approximate surface area is 251 Å². The molecule has 18 heteroatoms. The van der Waals surface area contributed by atoms with Crippen molar-refractivity contribution < 1.29 is 38.9 Å². The summed E-state index contributed by atoms with van der Waals surface area (Å²) in [6.45, 7) is 2.38. The van der Waals surface area contributed by atoms with Crippen LogP contribution in [0.15, 0.2) is 45.0 Å². The van der Waals surface area contributed by atoms with E-state index in [0.717, 1.165) is 35.3 Å². The molecule has 2 aromatic heterocycles. The third-order valence-electron chi connectivity index (χ3n) is 6.52. The topological polar surface area (TPSA) is 204 Å². The monoisotopic (exact) mass is 635 g/mol. The minimum Gasteiger partial charge on any atom is -0.477 e. The number of aromatic nitrogens is 2. The highest BCUT2D eigenvalue weighted by molar-refractivity contribution is 8.01. The lowest BCUT2D eigenvalue weighted by Crippen LogP contribution is -2.71. The van der Waals surface area contributed by atoms with Crippen LogP contribution in [0.5, 0.6) is 0 Å². The average molecular weight is 636 g/mol. The number of carboxylic acids is 1. The lowest BCUT2D eigenvalue weighted by Gasteiger charge is -2.49. The Kier molecular flexibility index (Phi) is 8.85.